The second-order valence-corrected chi connectivity index (χ2v) is 7.90. The van der Waals surface area contributed by atoms with Crippen molar-refractivity contribution in [3.05, 3.63) is 24.3 Å². The Labute approximate surface area is 149 Å². The van der Waals surface area contributed by atoms with E-state index in [2.05, 4.69) is 4.72 Å². The quantitative estimate of drug-likeness (QED) is 0.781. The zero-order valence-electron chi connectivity index (χ0n) is 14.9. The van der Waals surface area contributed by atoms with E-state index in [1.807, 2.05) is 20.8 Å². The molecule has 1 saturated heterocycles. The molecule has 0 saturated carbocycles. The van der Waals surface area contributed by atoms with Crippen molar-refractivity contribution in [1.29, 1.82) is 0 Å². The number of benzene rings is 1. The van der Waals surface area contributed by atoms with Gasteiger partial charge in [-0.25, -0.2) is 8.42 Å². The number of rotatable bonds is 7. The van der Waals surface area contributed by atoms with Crippen LogP contribution in [0.2, 0.25) is 0 Å². The molecule has 140 valence electrons. The van der Waals surface area contributed by atoms with Crippen LogP contribution >= 0.6 is 0 Å². The van der Waals surface area contributed by atoms with Crippen molar-refractivity contribution >= 4 is 15.9 Å². The summed E-state index contributed by atoms with van der Waals surface area (Å²) < 4.78 is 38.4. The third-order valence-electron chi connectivity index (χ3n) is 3.98. The van der Waals surface area contributed by atoms with Crippen LogP contribution in [0.1, 0.15) is 20.8 Å². The molecule has 0 radical (unpaired) electrons. The van der Waals surface area contributed by atoms with Gasteiger partial charge in [-0.3, -0.25) is 4.79 Å². The number of ether oxygens (including phenoxy) is 2. The first-order chi connectivity index (χ1) is 11.8. The molecule has 1 atom stereocenters. The van der Waals surface area contributed by atoms with Crippen molar-refractivity contribution in [3.63, 3.8) is 0 Å². The van der Waals surface area contributed by atoms with Crippen molar-refractivity contribution in [1.82, 2.24) is 9.62 Å². The molecule has 1 aliphatic heterocycles. The van der Waals surface area contributed by atoms with E-state index in [0.29, 0.717) is 38.7 Å². The fraction of sp³-hybridized carbons (Fsp3) is 0.588. The maximum atomic E-state index is 12.7. The fourth-order valence-electron chi connectivity index (χ4n) is 2.57. The van der Waals surface area contributed by atoms with E-state index in [4.69, 9.17) is 9.47 Å². The number of hydrogen-bond acceptors (Lipinski definition) is 5. The molecule has 1 fully saturated rings. The topological polar surface area (TPSA) is 84.9 Å². The maximum absolute atomic E-state index is 12.7. The molecule has 2 rings (SSSR count). The Morgan fingerprint density at radius 2 is 1.84 bits per heavy atom. The molecule has 1 aromatic rings. The van der Waals surface area contributed by atoms with Gasteiger partial charge in [0.1, 0.15) is 11.8 Å². The zero-order chi connectivity index (χ0) is 18.4. The Kier molecular flexibility index (Phi) is 6.80. The van der Waals surface area contributed by atoms with Crippen LogP contribution in [0.15, 0.2) is 29.2 Å². The molecule has 1 N–H and O–H groups in total. The second kappa shape index (κ2) is 8.64. The number of sulfonamides is 1. The van der Waals surface area contributed by atoms with E-state index in [-0.39, 0.29) is 16.7 Å². The molecule has 1 aromatic carbocycles. The van der Waals surface area contributed by atoms with Crippen LogP contribution in [0.5, 0.6) is 5.75 Å². The van der Waals surface area contributed by atoms with Crippen molar-refractivity contribution in [2.24, 2.45) is 5.92 Å². The number of nitrogens with one attached hydrogen (secondary N) is 1. The third kappa shape index (κ3) is 5.17. The number of nitrogens with zero attached hydrogens (tertiary/aromatic N) is 1. The van der Waals surface area contributed by atoms with Gasteiger partial charge in [-0.05, 0) is 37.1 Å². The lowest BCUT2D eigenvalue weighted by atomic mass is 10.0. The molecule has 0 aromatic heterocycles. The van der Waals surface area contributed by atoms with Gasteiger partial charge in [0.25, 0.3) is 0 Å². The Bertz CT molecular complexity index is 667. The molecule has 1 amide bonds. The molecule has 0 spiro atoms. The van der Waals surface area contributed by atoms with Crippen LogP contribution in [-0.4, -0.2) is 58.2 Å². The third-order valence-corrected chi connectivity index (χ3v) is 5.44. The van der Waals surface area contributed by atoms with E-state index < -0.39 is 16.1 Å². The normalized spacial score (nSPS) is 16.7. The van der Waals surface area contributed by atoms with Gasteiger partial charge in [-0.15, -0.1) is 0 Å². The fourth-order valence-corrected chi connectivity index (χ4v) is 3.91. The standard InChI is InChI=1S/C17H26N2O5S/c1-4-24-14-5-7-15(8-6-14)25(21,22)18-16(13(2)3)17(20)19-9-11-23-12-10-19/h5-8,13,16,18H,4,9-12H2,1-3H3/t16-/m1/s1. The number of morpholine rings is 1. The second-order valence-electron chi connectivity index (χ2n) is 6.19. The molecule has 0 aliphatic carbocycles. The highest BCUT2D eigenvalue weighted by atomic mass is 32.2. The number of amides is 1. The van der Waals surface area contributed by atoms with Crippen LogP contribution in [0.4, 0.5) is 0 Å². The minimum atomic E-state index is -3.80. The summed E-state index contributed by atoms with van der Waals surface area (Å²) >= 11 is 0. The van der Waals surface area contributed by atoms with Gasteiger partial charge in [0.05, 0.1) is 24.7 Å². The van der Waals surface area contributed by atoms with Gasteiger partial charge < -0.3 is 14.4 Å². The maximum Gasteiger partial charge on any atom is 0.241 e. The molecule has 1 aliphatic rings. The number of hydrogen-bond donors (Lipinski definition) is 1. The number of carbonyl (C=O) groups excluding carboxylic acids is 1. The van der Waals surface area contributed by atoms with E-state index in [0.717, 1.165) is 0 Å². The summed E-state index contributed by atoms with van der Waals surface area (Å²) in [6, 6.07) is 5.35. The van der Waals surface area contributed by atoms with Gasteiger partial charge >= 0.3 is 0 Å². The van der Waals surface area contributed by atoms with Crippen LogP contribution in [0, 0.1) is 5.92 Å². The highest BCUT2D eigenvalue weighted by Crippen LogP contribution is 2.18. The van der Waals surface area contributed by atoms with E-state index in [9.17, 15) is 13.2 Å². The minimum absolute atomic E-state index is 0.108. The predicted molar refractivity (Wildman–Crippen MR) is 94.0 cm³/mol. The van der Waals surface area contributed by atoms with Gasteiger partial charge in [0, 0.05) is 13.1 Å². The van der Waals surface area contributed by atoms with Gasteiger partial charge in [0.2, 0.25) is 15.9 Å². The van der Waals surface area contributed by atoms with Crippen molar-refractivity contribution in [3.8, 4) is 5.75 Å². The smallest absolute Gasteiger partial charge is 0.241 e. The largest absolute Gasteiger partial charge is 0.494 e. The lowest BCUT2D eigenvalue weighted by Crippen LogP contribution is -2.53. The van der Waals surface area contributed by atoms with Gasteiger partial charge in [-0.2, -0.15) is 4.72 Å². The minimum Gasteiger partial charge on any atom is -0.494 e. The average molecular weight is 370 g/mol. The first-order valence-corrected chi connectivity index (χ1v) is 9.95. The summed E-state index contributed by atoms with van der Waals surface area (Å²) in [5.74, 6) is 0.215. The first-order valence-electron chi connectivity index (χ1n) is 8.47. The Morgan fingerprint density at radius 1 is 1.24 bits per heavy atom. The zero-order valence-corrected chi connectivity index (χ0v) is 15.7. The molecular weight excluding hydrogens is 344 g/mol. The van der Waals surface area contributed by atoms with E-state index in [1.54, 1.807) is 17.0 Å². The van der Waals surface area contributed by atoms with Gasteiger partial charge in [-0.1, -0.05) is 13.8 Å². The molecule has 0 unspecified atom stereocenters. The van der Waals surface area contributed by atoms with Crippen molar-refractivity contribution in [2.45, 2.75) is 31.7 Å². The lowest BCUT2D eigenvalue weighted by Gasteiger charge is -2.32. The summed E-state index contributed by atoms with van der Waals surface area (Å²) in [5.41, 5.74) is 0. The summed E-state index contributed by atoms with van der Waals surface area (Å²) in [7, 11) is -3.80. The summed E-state index contributed by atoms with van der Waals surface area (Å²) in [5, 5.41) is 0. The monoisotopic (exact) mass is 370 g/mol. The number of carbonyl (C=O) groups is 1. The molecule has 8 heteroatoms. The summed E-state index contributed by atoms with van der Waals surface area (Å²) in [6.45, 7) is 7.92. The molecular formula is C17H26N2O5S. The molecule has 0 bridgehead atoms. The van der Waals surface area contributed by atoms with Crippen LogP contribution in [-0.2, 0) is 19.6 Å². The molecule has 25 heavy (non-hydrogen) atoms. The van der Waals surface area contributed by atoms with E-state index in [1.165, 1.54) is 12.1 Å². The first kappa shape index (κ1) is 19.7. The van der Waals surface area contributed by atoms with Crippen LogP contribution in [0.25, 0.3) is 0 Å². The molecule has 1 heterocycles. The highest BCUT2D eigenvalue weighted by molar-refractivity contribution is 7.89. The molecule has 7 nitrogen and oxygen atoms in total. The Balaban J connectivity index is 2.15. The van der Waals surface area contributed by atoms with E-state index >= 15 is 0 Å². The van der Waals surface area contributed by atoms with Crippen LogP contribution < -0.4 is 9.46 Å². The SMILES string of the molecule is CCOc1ccc(S(=O)(=O)N[C@@H](C(=O)N2CCOCC2)C(C)C)cc1. The summed E-state index contributed by atoms with van der Waals surface area (Å²) in [6.07, 6.45) is 0. The predicted octanol–water partition coefficient (Wildman–Crippen LogP) is 1.25. The summed E-state index contributed by atoms with van der Waals surface area (Å²) in [4.78, 5) is 14.5. The average Bonchev–Trinajstić information content (AvgIpc) is 2.60. The van der Waals surface area contributed by atoms with Gasteiger partial charge in [0.15, 0.2) is 0 Å². The van der Waals surface area contributed by atoms with Crippen molar-refractivity contribution < 1.29 is 22.7 Å². The Morgan fingerprint density at radius 3 is 2.36 bits per heavy atom. The lowest BCUT2D eigenvalue weighted by molar-refractivity contribution is -0.138. The van der Waals surface area contributed by atoms with Crippen molar-refractivity contribution in [2.75, 3.05) is 32.9 Å². The highest BCUT2D eigenvalue weighted by Gasteiger charge is 2.32. The van der Waals surface area contributed by atoms with Crippen LogP contribution in [0.3, 0.4) is 0 Å². The Hall–Kier alpha value is -1.64.